The number of rotatable bonds is 1. The van der Waals surface area contributed by atoms with Crippen LogP contribution in [0.3, 0.4) is 0 Å². The first-order chi connectivity index (χ1) is 6.57. The van der Waals surface area contributed by atoms with Crippen molar-refractivity contribution in [3.05, 3.63) is 23.9 Å². The minimum Gasteiger partial charge on any atom is -0.380 e. The summed E-state index contributed by atoms with van der Waals surface area (Å²) in [6, 6.07) is 3.05. The van der Waals surface area contributed by atoms with Crippen LogP contribution < -0.4 is 10.5 Å². The van der Waals surface area contributed by atoms with E-state index in [-0.39, 0.29) is 5.03 Å². The minimum atomic E-state index is -3.71. The molecule has 2 heterocycles. The molecule has 3 N–H and O–H groups in total. The van der Waals surface area contributed by atoms with Crippen LogP contribution in [0.1, 0.15) is 5.69 Å². The van der Waals surface area contributed by atoms with Gasteiger partial charge in [0.2, 0.25) is 0 Å². The van der Waals surface area contributed by atoms with Crippen molar-refractivity contribution < 1.29 is 8.42 Å². The summed E-state index contributed by atoms with van der Waals surface area (Å²) in [6.45, 7) is 0.726. The number of nitrogens with two attached hydrogens (primary N) is 1. The van der Waals surface area contributed by atoms with Crippen LogP contribution in [0, 0.1) is 0 Å². The van der Waals surface area contributed by atoms with Gasteiger partial charge in [0.1, 0.15) is 0 Å². The van der Waals surface area contributed by atoms with Crippen LogP contribution in [0.15, 0.2) is 23.2 Å². The normalized spacial score (nSPS) is 14.6. The average Bonchev–Trinajstić information content (AvgIpc) is 2.16. The molecule has 0 spiro atoms. The maximum Gasteiger partial charge on any atom is 0.255 e. The van der Waals surface area contributed by atoms with E-state index in [1.54, 1.807) is 12.1 Å². The number of anilines is 1. The second-order valence-electron chi connectivity index (χ2n) is 2.91. The second-order valence-corrected chi connectivity index (χ2v) is 4.42. The lowest BCUT2D eigenvalue weighted by Crippen LogP contribution is -2.15. The molecule has 0 aromatic carbocycles. The summed E-state index contributed by atoms with van der Waals surface area (Å²) in [5.74, 6) is 0. The highest BCUT2D eigenvalue weighted by atomic mass is 32.2. The minimum absolute atomic E-state index is 0.107. The summed E-state index contributed by atoms with van der Waals surface area (Å²) in [4.78, 5) is 3.92. The van der Waals surface area contributed by atoms with Gasteiger partial charge in [0.15, 0.2) is 5.03 Å². The summed E-state index contributed by atoms with van der Waals surface area (Å²) in [7, 11) is -3.71. The fraction of sp³-hybridized carbons (Fsp3) is 0.125. The molecular formula is C8H9N3O2S. The maximum absolute atomic E-state index is 11.0. The summed E-state index contributed by atoms with van der Waals surface area (Å²) >= 11 is 0. The van der Waals surface area contributed by atoms with Crippen molar-refractivity contribution in [1.29, 1.82) is 0 Å². The lowest BCUT2D eigenvalue weighted by Gasteiger charge is -2.12. The van der Waals surface area contributed by atoms with Gasteiger partial charge >= 0.3 is 0 Å². The largest absolute Gasteiger partial charge is 0.380 e. The molecule has 0 aliphatic carbocycles. The molecule has 0 saturated carbocycles. The number of hydrogen-bond acceptors (Lipinski definition) is 4. The molecule has 1 aromatic heterocycles. The molecule has 14 heavy (non-hydrogen) atoms. The van der Waals surface area contributed by atoms with Crippen LogP contribution in [-0.2, 0) is 10.0 Å². The fourth-order valence-electron chi connectivity index (χ4n) is 1.23. The zero-order chi connectivity index (χ0) is 10.2. The Labute approximate surface area is 81.7 Å². The molecule has 0 radical (unpaired) electrons. The van der Waals surface area contributed by atoms with E-state index in [1.165, 1.54) is 6.07 Å². The van der Waals surface area contributed by atoms with E-state index >= 15 is 0 Å². The summed E-state index contributed by atoms with van der Waals surface area (Å²) in [5.41, 5.74) is 1.42. The topological polar surface area (TPSA) is 85.1 Å². The Kier molecular flexibility index (Phi) is 2.01. The van der Waals surface area contributed by atoms with Gasteiger partial charge in [0.25, 0.3) is 10.0 Å². The van der Waals surface area contributed by atoms with Gasteiger partial charge < -0.3 is 5.32 Å². The van der Waals surface area contributed by atoms with Crippen molar-refractivity contribution >= 4 is 21.8 Å². The molecule has 1 aliphatic rings. The van der Waals surface area contributed by atoms with Gasteiger partial charge in [-0.1, -0.05) is 6.08 Å². The summed E-state index contributed by atoms with van der Waals surface area (Å²) in [5, 5.41) is 7.90. The van der Waals surface area contributed by atoms with Crippen LogP contribution >= 0.6 is 0 Å². The number of nitrogens with zero attached hydrogens (tertiary/aromatic N) is 1. The Morgan fingerprint density at radius 3 is 2.93 bits per heavy atom. The SMILES string of the molecule is NS(=O)(=O)c1ccc2c(n1)C=CCN2. The molecule has 6 heteroatoms. The molecule has 0 bridgehead atoms. The van der Waals surface area contributed by atoms with Crippen molar-refractivity contribution in [2.24, 2.45) is 5.14 Å². The van der Waals surface area contributed by atoms with E-state index in [9.17, 15) is 8.42 Å². The molecule has 2 rings (SSSR count). The molecule has 0 unspecified atom stereocenters. The zero-order valence-electron chi connectivity index (χ0n) is 7.27. The molecular weight excluding hydrogens is 202 g/mol. The van der Waals surface area contributed by atoms with E-state index in [4.69, 9.17) is 5.14 Å². The van der Waals surface area contributed by atoms with Crippen LogP contribution in [0.25, 0.3) is 6.08 Å². The van der Waals surface area contributed by atoms with Crippen molar-refractivity contribution in [3.8, 4) is 0 Å². The number of primary sulfonamides is 1. The standard InChI is InChI=1S/C8H9N3O2S/c9-14(12,13)8-4-3-6-7(11-8)2-1-5-10-6/h1-4,10H,5H2,(H2,9,12,13). The van der Waals surface area contributed by atoms with Gasteiger partial charge in [0, 0.05) is 6.54 Å². The quantitative estimate of drug-likeness (QED) is 0.693. The van der Waals surface area contributed by atoms with E-state index in [1.807, 2.05) is 6.08 Å². The molecule has 5 nitrogen and oxygen atoms in total. The van der Waals surface area contributed by atoms with Gasteiger partial charge in [-0.05, 0) is 18.2 Å². The molecule has 0 saturated heterocycles. The highest BCUT2D eigenvalue weighted by Crippen LogP contribution is 2.19. The van der Waals surface area contributed by atoms with Gasteiger partial charge in [-0.2, -0.15) is 0 Å². The predicted octanol–water partition coefficient (Wildman–Crippen LogP) is 0.168. The van der Waals surface area contributed by atoms with Crippen molar-refractivity contribution in [3.63, 3.8) is 0 Å². The molecule has 74 valence electrons. The summed E-state index contributed by atoms with van der Waals surface area (Å²) < 4.78 is 22.0. The van der Waals surface area contributed by atoms with E-state index in [0.29, 0.717) is 5.69 Å². The lowest BCUT2D eigenvalue weighted by atomic mass is 10.2. The molecule has 1 aromatic rings. The second kappa shape index (κ2) is 3.07. The molecule has 0 fully saturated rings. The van der Waals surface area contributed by atoms with E-state index < -0.39 is 10.0 Å². The van der Waals surface area contributed by atoms with Crippen molar-refractivity contribution in [2.45, 2.75) is 5.03 Å². The van der Waals surface area contributed by atoms with Gasteiger partial charge in [-0.25, -0.2) is 18.5 Å². The number of nitrogens with one attached hydrogen (secondary N) is 1. The predicted molar refractivity (Wildman–Crippen MR) is 53.1 cm³/mol. The summed E-state index contributed by atoms with van der Waals surface area (Å²) in [6.07, 6.45) is 3.63. The Balaban J connectivity index is 2.56. The average molecular weight is 211 g/mol. The fourth-order valence-corrected chi connectivity index (χ4v) is 1.71. The van der Waals surface area contributed by atoms with Gasteiger partial charge in [-0.3, -0.25) is 0 Å². The van der Waals surface area contributed by atoms with E-state index in [2.05, 4.69) is 10.3 Å². The highest BCUT2D eigenvalue weighted by molar-refractivity contribution is 7.89. The third-order valence-electron chi connectivity index (χ3n) is 1.88. The van der Waals surface area contributed by atoms with E-state index in [0.717, 1.165) is 12.2 Å². The lowest BCUT2D eigenvalue weighted by molar-refractivity contribution is 0.594. The first kappa shape index (κ1) is 9.17. The number of aromatic nitrogens is 1. The number of hydrogen-bond donors (Lipinski definition) is 2. The number of sulfonamides is 1. The highest BCUT2D eigenvalue weighted by Gasteiger charge is 2.12. The van der Waals surface area contributed by atoms with Crippen LogP contribution in [0.4, 0.5) is 5.69 Å². The monoisotopic (exact) mass is 211 g/mol. The Morgan fingerprint density at radius 1 is 1.43 bits per heavy atom. The third kappa shape index (κ3) is 1.61. The third-order valence-corrected chi connectivity index (χ3v) is 2.69. The van der Waals surface area contributed by atoms with Crippen LogP contribution in [0.5, 0.6) is 0 Å². The van der Waals surface area contributed by atoms with Crippen LogP contribution in [-0.4, -0.2) is 19.9 Å². The molecule has 0 atom stereocenters. The first-order valence-electron chi connectivity index (χ1n) is 4.01. The number of fused-ring (bicyclic) bond motifs is 1. The van der Waals surface area contributed by atoms with Crippen LogP contribution in [0.2, 0.25) is 0 Å². The smallest absolute Gasteiger partial charge is 0.255 e. The Hall–Kier alpha value is -1.40. The van der Waals surface area contributed by atoms with Crippen molar-refractivity contribution in [2.75, 3.05) is 11.9 Å². The van der Waals surface area contributed by atoms with Crippen molar-refractivity contribution in [1.82, 2.24) is 4.98 Å². The Morgan fingerprint density at radius 2 is 2.21 bits per heavy atom. The molecule has 0 amide bonds. The maximum atomic E-state index is 11.0. The first-order valence-corrected chi connectivity index (χ1v) is 5.56. The number of pyridine rings is 1. The zero-order valence-corrected chi connectivity index (χ0v) is 8.08. The Bertz CT molecular complexity index is 493. The van der Waals surface area contributed by atoms with Gasteiger partial charge in [-0.15, -0.1) is 0 Å². The molecule has 1 aliphatic heterocycles. The van der Waals surface area contributed by atoms with Gasteiger partial charge in [0.05, 0.1) is 11.4 Å².